The average Bonchev–Trinajstić information content (AvgIpc) is 3.29. The largest absolute Gasteiger partial charge is 0.327 e. The highest BCUT2D eigenvalue weighted by atomic mass is 15.3. The van der Waals surface area contributed by atoms with Gasteiger partial charge in [0.25, 0.3) is 0 Å². The van der Waals surface area contributed by atoms with Gasteiger partial charge >= 0.3 is 0 Å². The Kier molecular flexibility index (Phi) is 8.77. The maximum absolute atomic E-state index is 5.34. The summed E-state index contributed by atoms with van der Waals surface area (Å²) in [7, 11) is 4.48. The highest BCUT2D eigenvalue weighted by molar-refractivity contribution is 5.77. The fourth-order valence-electron chi connectivity index (χ4n) is 7.33. The van der Waals surface area contributed by atoms with E-state index in [4.69, 9.17) is 4.98 Å². The van der Waals surface area contributed by atoms with Crippen LogP contribution in [0, 0.1) is 0 Å². The van der Waals surface area contributed by atoms with Crippen molar-refractivity contribution in [2.24, 2.45) is 0 Å². The number of hydrogen-bond acceptors (Lipinski definition) is 5. The van der Waals surface area contributed by atoms with Gasteiger partial charge in [-0.05, 0) is 77.4 Å². The maximum atomic E-state index is 5.34. The van der Waals surface area contributed by atoms with Crippen LogP contribution in [-0.2, 0) is 18.6 Å². The van der Waals surface area contributed by atoms with Crippen molar-refractivity contribution in [2.45, 2.75) is 90.1 Å². The Balaban J connectivity index is 1.35. The van der Waals surface area contributed by atoms with Crippen LogP contribution in [-0.4, -0.2) is 76.6 Å². The molecule has 3 atom stereocenters. The summed E-state index contributed by atoms with van der Waals surface area (Å²) in [5, 5.41) is 3.70. The quantitative estimate of drug-likeness (QED) is 0.388. The zero-order chi connectivity index (χ0) is 27.6. The van der Waals surface area contributed by atoms with Crippen LogP contribution < -0.4 is 5.32 Å². The number of aromatic nitrogens is 2. The molecule has 1 N–H and O–H groups in total. The molecule has 0 amide bonds. The summed E-state index contributed by atoms with van der Waals surface area (Å²) in [6, 6.07) is 19.5. The summed E-state index contributed by atoms with van der Waals surface area (Å²) in [6.45, 7) is 15.5. The molecule has 212 valence electrons. The Hall–Kier alpha value is -2.25. The van der Waals surface area contributed by atoms with Crippen LogP contribution in [0.15, 0.2) is 48.5 Å². The fourth-order valence-corrected chi connectivity index (χ4v) is 7.33. The van der Waals surface area contributed by atoms with Crippen molar-refractivity contribution in [2.75, 3.05) is 40.3 Å². The number of likely N-dealkylation sites (tertiary alicyclic amines) is 1. The molecule has 6 nitrogen and oxygen atoms in total. The van der Waals surface area contributed by atoms with E-state index in [1.54, 1.807) is 0 Å². The highest BCUT2D eigenvalue weighted by Gasteiger charge is 2.38. The summed E-state index contributed by atoms with van der Waals surface area (Å²) in [6.07, 6.45) is 4.63. The molecule has 6 heteroatoms. The van der Waals surface area contributed by atoms with Gasteiger partial charge in [0.05, 0.1) is 17.1 Å². The second-order valence-electron chi connectivity index (χ2n) is 12.3. The van der Waals surface area contributed by atoms with Gasteiger partial charge in [0.1, 0.15) is 5.82 Å². The van der Waals surface area contributed by atoms with E-state index in [1.807, 2.05) is 0 Å². The van der Waals surface area contributed by atoms with E-state index < -0.39 is 0 Å². The summed E-state index contributed by atoms with van der Waals surface area (Å²) >= 11 is 0. The van der Waals surface area contributed by atoms with E-state index in [2.05, 4.69) is 115 Å². The molecule has 5 rings (SSSR count). The lowest BCUT2D eigenvalue weighted by Gasteiger charge is -2.46. The number of nitrogens with zero attached hydrogens (tertiary/aromatic N) is 5. The van der Waals surface area contributed by atoms with Crippen molar-refractivity contribution in [1.29, 1.82) is 0 Å². The van der Waals surface area contributed by atoms with Crippen molar-refractivity contribution >= 4 is 11.0 Å². The lowest BCUT2D eigenvalue weighted by atomic mass is 9.79. The number of aryl methyl sites for hydroxylation is 1. The Morgan fingerprint density at radius 3 is 2.31 bits per heavy atom. The van der Waals surface area contributed by atoms with Crippen molar-refractivity contribution < 1.29 is 0 Å². The first kappa shape index (κ1) is 28.3. The standard InChI is InChI=1S/C33H50N6/c1-7-12-31(38-22-25(3)34-26(4)23-38)32-35-29-21-27(15-16-30(29)39(32)8-2)24-37-19-17-33(18-20-37,36(5)6)28-13-10-9-11-14-28/h9-11,13-16,21,25-26,31,34H,7-8,12,17-20,22-24H2,1-6H3/t25-,26+,31-/m1/s1. The number of imidazole rings is 1. The van der Waals surface area contributed by atoms with E-state index in [1.165, 1.54) is 28.9 Å². The molecule has 3 heterocycles. The van der Waals surface area contributed by atoms with Gasteiger partial charge in [0.15, 0.2) is 0 Å². The predicted molar refractivity (Wildman–Crippen MR) is 163 cm³/mol. The number of piperazine rings is 1. The van der Waals surface area contributed by atoms with Crippen LogP contribution in [0.3, 0.4) is 0 Å². The molecule has 0 unspecified atom stereocenters. The zero-order valence-electron chi connectivity index (χ0n) is 25.2. The molecule has 2 aromatic carbocycles. The lowest BCUT2D eigenvalue weighted by molar-refractivity contribution is 0.0507. The second kappa shape index (κ2) is 12.1. The molecule has 0 aliphatic carbocycles. The number of nitrogens with one attached hydrogen (secondary N) is 1. The first-order valence-electron chi connectivity index (χ1n) is 15.3. The molecule has 0 bridgehead atoms. The van der Waals surface area contributed by atoms with Gasteiger partial charge in [-0.25, -0.2) is 4.98 Å². The fraction of sp³-hybridized carbons (Fsp3) is 0.606. The van der Waals surface area contributed by atoms with Gasteiger partial charge in [-0.1, -0.05) is 49.7 Å². The van der Waals surface area contributed by atoms with Crippen LogP contribution in [0.1, 0.15) is 76.4 Å². The third-order valence-corrected chi connectivity index (χ3v) is 9.30. The first-order chi connectivity index (χ1) is 18.8. The number of benzene rings is 2. The first-order valence-corrected chi connectivity index (χ1v) is 15.3. The minimum atomic E-state index is 0.129. The molecule has 3 aromatic rings. The van der Waals surface area contributed by atoms with E-state index in [-0.39, 0.29) is 5.54 Å². The van der Waals surface area contributed by atoms with Crippen molar-refractivity contribution in [3.8, 4) is 0 Å². The maximum Gasteiger partial charge on any atom is 0.127 e. The SMILES string of the molecule is CCC[C@H](c1nc2cc(CN3CCC(c4ccccc4)(N(C)C)CC3)ccc2n1CC)N1C[C@@H](C)N[C@@H](C)C1. The molecule has 0 saturated carbocycles. The van der Waals surface area contributed by atoms with Gasteiger partial charge < -0.3 is 9.88 Å². The molecule has 1 aromatic heterocycles. The molecular weight excluding hydrogens is 480 g/mol. The lowest BCUT2D eigenvalue weighted by Crippen LogP contribution is -2.55. The van der Waals surface area contributed by atoms with E-state index in [0.717, 1.165) is 64.0 Å². The third-order valence-electron chi connectivity index (χ3n) is 9.30. The highest BCUT2D eigenvalue weighted by Crippen LogP contribution is 2.38. The smallest absolute Gasteiger partial charge is 0.127 e. The average molecular weight is 531 g/mol. The van der Waals surface area contributed by atoms with Crippen LogP contribution in [0.5, 0.6) is 0 Å². The summed E-state index contributed by atoms with van der Waals surface area (Å²) in [5.41, 5.74) is 5.39. The zero-order valence-corrected chi connectivity index (χ0v) is 25.2. The van der Waals surface area contributed by atoms with Crippen LogP contribution in [0.25, 0.3) is 11.0 Å². The topological polar surface area (TPSA) is 39.6 Å². The Bertz CT molecular complexity index is 1200. The molecule has 39 heavy (non-hydrogen) atoms. The third kappa shape index (κ3) is 5.81. The van der Waals surface area contributed by atoms with Crippen molar-refractivity contribution in [1.82, 2.24) is 29.6 Å². The Morgan fingerprint density at radius 2 is 1.69 bits per heavy atom. The number of hydrogen-bond donors (Lipinski definition) is 1. The van der Waals surface area contributed by atoms with Crippen LogP contribution >= 0.6 is 0 Å². The van der Waals surface area contributed by atoms with Crippen molar-refractivity contribution in [3.05, 3.63) is 65.5 Å². The van der Waals surface area contributed by atoms with E-state index in [0.29, 0.717) is 18.1 Å². The Morgan fingerprint density at radius 1 is 1.00 bits per heavy atom. The van der Waals surface area contributed by atoms with Crippen LogP contribution in [0.4, 0.5) is 0 Å². The van der Waals surface area contributed by atoms with Gasteiger partial charge in [-0.3, -0.25) is 14.7 Å². The van der Waals surface area contributed by atoms with Crippen molar-refractivity contribution in [3.63, 3.8) is 0 Å². The molecule has 2 aliphatic heterocycles. The van der Waals surface area contributed by atoms with Gasteiger partial charge in [-0.2, -0.15) is 0 Å². The molecular formula is C33H50N6. The number of fused-ring (bicyclic) bond motifs is 1. The van der Waals surface area contributed by atoms with Gasteiger partial charge in [-0.15, -0.1) is 0 Å². The van der Waals surface area contributed by atoms with E-state index in [9.17, 15) is 0 Å². The molecule has 0 radical (unpaired) electrons. The minimum absolute atomic E-state index is 0.129. The predicted octanol–water partition coefficient (Wildman–Crippen LogP) is 5.63. The Labute approximate surface area is 236 Å². The molecule has 0 spiro atoms. The monoisotopic (exact) mass is 530 g/mol. The summed E-state index contributed by atoms with van der Waals surface area (Å²) in [4.78, 5) is 13.1. The molecule has 2 fully saturated rings. The van der Waals surface area contributed by atoms with Crippen LogP contribution in [0.2, 0.25) is 0 Å². The summed E-state index contributed by atoms with van der Waals surface area (Å²) < 4.78 is 2.48. The van der Waals surface area contributed by atoms with Gasteiger partial charge in [0, 0.05) is 56.9 Å². The molecule has 2 saturated heterocycles. The number of piperidine rings is 1. The number of rotatable bonds is 9. The van der Waals surface area contributed by atoms with E-state index >= 15 is 0 Å². The summed E-state index contributed by atoms with van der Waals surface area (Å²) in [5.74, 6) is 1.25. The normalized spacial score (nSPS) is 23.5. The minimum Gasteiger partial charge on any atom is -0.327 e. The second-order valence-corrected chi connectivity index (χ2v) is 12.3. The molecule has 2 aliphatic rings. The van der Waals surface area contributed by atoms with Gasteiger partial charge in [0.2, 0.25) is 0 Å².